The number of nitrogens with one attached hydrogen (secondary N) is 1. The smallest absolute Gasteiger partial charge is 0.0933 e. The van der Waals surface area contributed by atoms with Gasteiger partial charge in [0.1, 0.15) is 0 Å². The lowest BCUT2D eigenvalue weighted by Crippen LogP contribution is -2.13. The van der Waals surface area contributed by atoms with Crippen LogP contribution in [-0.2, 0) is 0 Å². The molecule has 1 rings (SSSR count). The zero-order chi connectivity index (χ0) is 6.41. The van der Waals surface area contributed by atoms with Gasteiger partial charge in [0.25, 0.3) is 0 Å². The fourth-order valence-corrected chi connectivity index (χ4v) is 0.516. The highest BCUT2D eigenvalue weighted by Crippen LogP contribution is 1.79. The highest BCUT2D eigenvalue weighted by molar-refractivity contribution is 5.80. The largest absolute Gasteiger partial charge is 0.372 e. The lowest BCUT2D eigenvalue weighted by Gasteiger charge is -1.85. The van der Waals surface area contributed by atoms with Crippen LogP contribution in [0.5, 0.6) is 0 Å². The van der Waals surface area contributed by atoms with Crippen LogP contribution in [0.4, 0.5) is 0 Å². The summed E-state index contributed by atoms with van der Waals surface area (Å²) in [6.45, 7) is 7.98. The maximum atomic E-state index is 4.04. The van der Waals surface area contributed by atoms with Crippen molar-refractivity contribution in [3.8, 4) is 0 Å². The zero-order valence-corrected chi connectivity index (χ0v) is 5.86. The van der Waals surface area contributed by atoms with Gasteiger partial charge in [0, 0.05) is 7.97 Å². The van der Waals surface area contributed by atoms with E-state index in [0.717, 1.165) is 18.9 Å². The van der Waals surface area contributed by atoms with Crippen LogP contribution in [-0.4, -0.2) is 18.9 Å². The Balaban J connectivity index is 0. The third-order valence-corrected chi connectivity index (χ3v) is 0.842. The molecule has 0 unspecified atom stereocenters. The predicted molar refractivity (Wildman–Crippen MR) is 39.4 cm³/mol. The molecule has 0 spiro atoms. The Bertz CT molecular complexity index is 81.1. The number of rotatable bonds is 0. The van der Waals surface area contributed by atoms with Gasteiger partial charge in [0.05, 0.1) is 12.4 Å². The second-order valence-corrected chi connectivity index (χ2v) is 1.39. The Kier molecular flexibility index (Phi) is 4.32. The number of aliphatic imine (C=N–C) groups is 1. The highest BCUT2D eigenvalue weighted by Gasteiger charge is 1.93. The van der Waals surface area contributed by atoms with Gasteiger partial charge in [-0.2, -0.15) is 0 Å². The van der Waals surface area contributed by atoms with Crippen LogP contribution in [0.2, 0.25) is 0 Å². The van der Waals surface area contributed by atoms with Gasteiger partial charge in [-0.1, -0.05) is 13.8 Å². The standard InChI is InChI=1S/C4H8N2.C2H6.H2/c1-4-5-2-3-6-4;1-2;/h2-3H2,1H3,(H,5,6);1-2H3;1H. The monoisotopic (exact) mass is 116 g/mol. The average Bonchev–Trinajstić information content (AvgIpc) is 2.24. The molecule has 8 heavy (non-hydrogen) atoms. The van der Waals surface area contributed by atoms with Crippen molar-refractivity contribution in [1.82, 2.24) is 5.32 Å². The van der Waals surface area contributed by atoms with E-state index in [4.69, 9.17) is 0 Å². The van der Waals surface area contributed by atoms with E-state index < -0.39 is 0 Å². The minimum absolute atomic E-state index is 0. The summed E-state index contributed by atoms with van der Waals surface area (Å²) in [5, 5.41) is 3.07. The SMILES string of the molecule is CC.CC1=NCCN1.[HH]. The highest BCUT2D eigenvalue weighted by atomic mass is 15.0. The van der Waals surface area contributed by atoms with Crippen molar-refractivity contribution in [2.24, 2.45) is 4.99 Å². The van der Waals surface area contributed by atoms with Crippen molar-refractivity contribution in [2.75, 3.05) is 13.1 Å². The third-order valence-electron chi connectivity index (χ3n) is 0.842. The molecule has 2 heteroatoms. The molecule has 2 nitrogen and oxygen atoms in total. The number of amidine groups is 1. The maximum absolute atomic E-state index is 4.04. The third kappa shape index (κ3) is 2.61. The summed E-state index contributed by atoms with van der Waals surface area (Å²) in [6, 6.07) is 0. The summed E-state index contributed by atoms with van der Waals surface area (Å²) in [5.41, 5.74) is 0. The van der Waals surface area contributed by atoms with E-state index in [2.05, 4.69) is 10.3 Å². The van der Waals surface area contributed by atoms with Crippen molar-refractivity contribution in [3.63, 3.8) is 0 Å². The van der Waals surface area contributed by atoms with Crippen molar-refractivity contribution in [2.45, 2.75) is 20.8 Å². The molecule has 1 aliphatic heterocycles. The number of hydrogen-bond donors (Lipinski definition) is 1. The zero-order valence-electron chi connectivity index (χ0n) is 5.86. The van der Waals surface area contributed by atoms with Crippen molar-refractivity contribution < 1.29 is 1.43 Å². The normalized spacial score (nSPS) is 15.6. The molecular weight excluding hydrogens is 100 g/mol. The second kappa shape index (κ2) is 4.62. The minimum Gasteiger partial charge on any atom is -0.372 e. The Morgan fingerprint density at radius 3 is 2.38 bits per heavy atom. The lowest BCUT2D eigenvalue weighted by atomic mass is 10.7. The quantitative estimate of drug-likeness (QED) is 0.506. The molecule has 0 aromatic heterocycles. The fraction of sp³-hybridized carbons (Fsp3) is 0.833. The van der Waals surface area contributed by atoms with Gasteiger partial charge in [-0.15, -0.1) is 0 Å². The fourth-order valence-electron chi connectivity index (χ4n) is 0.516. The van der Waals surface area contributed by atoms with Crippen LogP contribution in [0.25, 0.3) is 0 Å². The second-order valence-electron chi connectivity index (χ2n) is 1.39. The topological polar surface area (TPSA) is 24.4 Å². The minimum atomic E-state index is 0. The molecule has 0 saturated heterocycles. The lowest BCUT2D eigenvalue weighted by molar-refractivity contribution is 0.958. The molecule has 0 atom stereocenters. The summed E-state index contributed by atoms with van der Waals surface area (Å²) in [4.78, 5) is 4.04. The predicted octanol–water partition coefficient (Wildman–Crippen LogP) is 1.28. The van der Waals surface area contributed by atoms with Gasteiger partial charge in [0.2, 0.25) is 0 Å². The summed E-state index contributed by atoms with van der Waals surface area (Å²) in [7, 11) is 0. The number of hydrogen-bond acceptors (Lipinski definition) is 2. The Labute approximate surface area is 52.5 Å². The van der Waals surface area contributed by atoms with Gasteiger partial charge in [-0.05, 0) is 6.92 Å². The van der Waals surface area contributed by atoms with Crippen molar-refractivity contribution >= 4 is 5.84 Å². The molecule has 0 amide bonds. The van der Waals surface area contributed by atoms with E-state index in [1.165, 1.54) is 0 Å². The van der Waals surface area contributed by atoms with Crippen LogP contribution >= 0.6 is 0 Å². The summed E-state index contributed by atoms with van der Waals surface area (Å²) < 4.78 is 0. The molecule has 0 bridgehead atoms. The summed E-state index contributed by atoms with van der Waals surface area (Å²) in [5.74, 6) is 1.08. The molecule has 1 N–H and O–H groups in total. The first-order chi connectivity index (χ1) is 3.89. The molecule has 0 fully saturated rings. The Morgan fingerprint density at radius 1 is 1.62 bits per heavy atom. The maximum Gasteiger partial charge on any atom is 0.0933 e. The molecular formula is C6H16N2. The summed E-state index contributed by atoms with van der Waals surface area (Å²) >= 11 is 0. The van der Waals surface area contributed by atoms with Gasteiger partial charge in [-0.3, -0.25) is 4.99 Å². The number of nitrogens with zero attached hydrogens (tertiary/aromatic N) is 1. The Morgan fingerprint density at radius 2 is 2.25 bits per heavy atom. The average molecular weight is 116 g/mol. The van der Waals surface area contributed by atoms with Crippen LogP contribution in [0, 0.1) is 0 Å². The van der Waals surface area contributed by atoms with E-state index >= 15 is 0 Å². The molecule has 1 aliphatic rings. The Hall–Kier alpha value is -0.530. The van der Waals surface area contributed by atoms with Crippen LogP contribution in [0.15, 0.2) is 4.99 Å². The van der Waals surface area contributed by atoms with E-state index in [0.29, 0.717) is 0 Å². The van der Waals surface area contributed by atoms with E-state index in [9.17, 15) is 0 Å². The van der Waals surface area contributed by atoms with E-state index in [1.54, 1.807) is 0 Å². The van der Waals surface area contributed by atoms with Crippen molar-refractivity contribution in [1.29, 1.82) is 0 Å². The first-order valence-corrected chi connectivity index (χ1v) is 3.14. The molecule has 0 radical (unpaired) electrons. The first kappa shape index (κ1) is 7.47. The van der Waals surface area contributed by atoms with Gasteiger partial charge < -0.3 is 5.32 Å². The van der Waals surface area contributed by atoms with Crippen LogP contribution in [0.3, 0.4) is 0 Å². The molecule has 50 valence electrons. The van der Waals surface area contributed by atoms with Gasteiger partial charge in [-0.25, -0.2) is 0 Å². The first-order valence-electron chi connectivity index (χ1n) is 3.14. The molecule has 0 aromatic carbocycles. The van der Waals surface area contributed by atoms with Crippen LogP contribution in [0.1, 0.15) is 22.2 Å². The van der Waals surface area contributed by atoms with E-state index in [-0.39, 0.29) is 1.43 Å². The van der Waals surface area contributed by atoms with E-state index in [1.807, 2.05) is 20.8 Å². The summed E-state index contributed by atoms with van der Waals surface area (Å²) in [6.07, 6.45) is 0. The molecule has 0 saturated carbocycles. The molecule has 0 aromatic rings. The molecule has 1 heterocycles. The van der Waals surface area contributed by atoms with Crippen molar-refractivity contribution in [3.05, 3.63) is 0 Å². The van der Waals surface area contributed by atoms with Gasteiger partial charge >= 0.3 is 0 Å². The van der Waals surface area contributed by atoms with Gasteiger partial charge in [0.15, 0.2) is 0 Å². The molecule has 0 aliphatic carbocycles. The van der Waals surface area contributed by atoms with Crippen LogP contribution < -0.4 is 5.32 Å².